The normalized spacial score (nSPS) is 16.5. The molecule has 2 atom stereocenters. The van der Waals surface area contributed by atoms with E-state index >= 15 is 0 Å². The largest absolute Gasteiger partial charge is 0.393 e. The Hall–Kier alpha value is -0.0800. The van der Waals surface area contributed by atoms with Crippen molar-refractivity contribution in [2.75, 3.05) is 20.6 Å². The van der Waals surface area contributed by atoms with Crippen molar-refractivity contribution in [2.45, 2.75) is 59.5 Å². The lowest BCUT2D eigenvalue weighted by Crippen LogP contribution is -2.19. The van der Waals surface area contributed by atoms with E-state index in [1.807, 2.05) is 0 Å². The van der Waals surface area contributed by atoms with Crippen LogP contribution in [0.25, 0.3) is 0 Å². The van der Waals surface area contributed by atoms with Crippen LogP contribution in [-0.4, -0.2) is 36.8 Å². The first-order valence-electron chi connectivity index (χ1n) is 6.53. The van der Waals surface area contributed by atoms with Crippen LogP contribution in [0.15, 0.2) is 0 Å². The Bertz CT molecular complexity index is 172. The molecule has 0 aromatic carbocycles. The van der Waals surface area contributed by atoms with Gasteiger partial charge < -0.3 is 10.0 Å². The third-order valence-corrected chi connectivity index (χ3v) is 2.78. The molecule has 0 radical (unpaired) electrons. The fourth-order valence-corrected chi connectivity index (χ4v) is 2.35. The van der Waals surface area contributed by atoms with Gasteiger partial charge in [-0.2, -0.15) is 0 Å². The highest BCUT2D eigenvalue weighted by Crippen LogP contribution is 2.27. The lowest BCUT2D eigenvalue weighted by atomic mass is 9.83. The Balaban J connectivity index is 3.66. The minimum atomic E-state index is -0.114. The van der Waals surface area contributed by atoms with Gasteiger partial charge in [0, 0.05) is 0 Å². The van der Waals surface area contributed by atoms with Gasteiger partial charge in [0.05, 0.1) is 6.10 Å². The van der Waals surface area contributed by atoms with Crippen molar-refractivity contribution in [3.63, 3.8) is 0 Å². The lowest BCUT2D eigenvalue weighted by Gasteiger charge is -2.25. The van der Waals surface area contributed by atoms with Gasteiger partial charge in [0.15, 0.2) is 0 Å². The predicted molar refractivity (Wildman–Crippen MR) is 71.6 cm³/mol. The summed E-state index contributed by atoms with van der Waals surface area (Å²) in [5, 5.41) is 9.91. The Kier molecular flexibility index (Phi) is 7.25. The minimum Gasteiger partial charge on any atom is -0.393 e. The van der Waals surface area contributed by atoms with Gasteiger partial charge in [0.25, 0.3) is 0 Å². The van der Waals surface area contributed by atoms with Crippen molar-refractivity contribution in [3.05, 3.63) is 0 Å². The van der Waals surface area contributed by atoms with Gasteiger partial charge in [-0.05, 0) is 57.7 Å². The molecule has 0 spiro atoms. The van der Waals surface area contributed by atoms with E-state index in [2.05, 4.69) is 46.7 Å². The average molecular weight is 229 g/mol. The van der Waals surface area contributed by atoms with E-state index in [0.717, 1.165) is 25.8 Å². The molecule has 0 rings (SSSR count). The van der Waals surface area contributed by atoms with Gasteiger partial charge >= 0.3 is 0 Å². The van der Waals surface area contributed by atoms with Crippen molar-refractivity contribution in [3.8, 4) is 0 Å². The number of hydrogen-bond acceptors (Lipinski definition) is 2. The molecule has 0 saturated carbocycles. The maximum absolute atomic E-state index is 9.91. The summed E-state index contributed by atoms with van der Waals surface area (Å²) in [5.74, 6) is 0.620. The van der Waals surface area contributed by atoms with Crippen LogP contribution in [0.2, 0.25) is 0 Å². The molecule has 16 heavy (non-hydrogen) atoms. The topological polar surface area (TPSA) is 23.5 Å². The third-order valence-electron chi connectivity index (χ3n) is 2.78. The van der Waals surface area contributed by atoms with E-state index in [1.165, 1.54) is 6.42 Å². The number of hydrogen-bond donors (Lipinski definition) is 1. The first-order valence-corrected chi connectivity index (χ1v) is 6.53. The molecule has 0 aliphatic carbocycles. The SMILES string of the molecule is C[C@@H](C[C@@H](O)CCCN(C)C)CC(C)(C)C. The summed E-state index contributed by atoms with van der Waals surface area (Å²) in [5.41, 5.74) is 0.378. The van der Waals surface area contributed by atoms with E-state index in [0.29, 0.717) is 11.3 Å². The highest BCUT2D eigenvalue weighted by molar-refractivity contribution is 4.69. The molecule has 98 valence electrons. The molecule has 0 aliphatic rings. The summed E-state index contributed by atoms with van der Waals surface area (Å²) >= 11 is 0. The second-order valence-electron chi connectivity index (χ2n) is 6.70. The van der Waals surface area contributed by atoms with Crippen LogP contribution < -0.4 is 0 Å². The van der Waals surface area contributed by atoms with Gasteiger partial charge in [0.1, 0.15) is 0 Å². The fourth-order valence-electron chi connectivity index (χ4n) is 2.35. The molecule has 0 unspecified atom stereocenters. The second-order valence-corrected chi connectivity index (χ2v) is 6.70. The molecule has 0 amide bonds. The van der Waals surface area contributed by atoms with Crippen LogP contribution in [-0.2, 0) is 0 Å². The first kappa shape index (κ1) is 15.9. The molecule has 0 aromatic rings. The Morgan fingerprint density at radius 2 is 1.75 bits per heavy atom. The fraction of sp³-hybridized carbons (Fsp3) is 1.00. The van der Waals surface area contributed by atoms with Crippen LogP contribution in [0.1, 0.15) is 53.4 Å². The van der Waals surface area contributed by atoms with E-state index in [1.54, 1.807) is 0 Å². The van der Waals surface area contributed by atoms with Crippen molar-refractivity contribution in [2.24, 2.45) is 11.3 Å². The summed E-state index contributed by atoms with van der Waals surface area (Å²) in [6.07, 6.45) is 4.06. The molecule has 0 aromatic heterocycles. The number of aliphatic hydroxyl groups excluding tert-OH is 1. The molecule has 0 aliphatic heterocycles. The summed E-state index contributed by atoms with van der Waals surface area (Å²) < 4.78 is 0. The summed E-state index contributed by atoms with van der Waals surface area (Å²) in [6.45, 7) is 10.1. The van der Waals surface area contributed by atoms with Crippen LogP contribution in [0, 0.1) is 11.3 Å². The maximum Gasteiger partial charge on any atom is 0.0543 e. The summed E-state index contributed by atoms with van der Waals surface area (Å²) in [6, 6.07) is 0. The molecular formula is C14H31NO. The monoisotopic (exact) mass is 229 g/mol. The van der Waals surface area contributed by atoms with E-state index in [-0.39, 0.29) is 6.10 Å². The summed E-state index contributed by atoms with van der Waals surface area (Å²) in [7, 11) is 4.16. The van der Waals surface area contributed by atoms with Gasteiger partial charge in [-0.25, -0.2) is 0 Å². The van der Waals surface area contributed by atoms with Gasteiger partial charge in [-0.1, -0.05) is 27.7 Å². The van der Waals surface area contributed by atoms with Gasteiger partial charge in [-0.15, -0.1) is 0 Å². The zero-order chi connectivity index (χ0) is 12.8. The van der Waals surface area contributed by atoms with Crippen LogP contribution in [0.3, 0.4) is 0 Å². The third kappa shape index (κ3) is 10.4. The van der Waals surface area contributed by atoms with Crippen LogP contribution >= 0.6 is 0 Å². The molecular weight excluding hydrogens is 198 g/mol. The second kappa shape index (κ2) is 7.29. The van der Waals surface area contributed by atoms with E-state index in [4.69, 9.17) is 0 Å². The molecule has 2 heteroatoms. The van der Waals surface area contributed by atoms with Gasteiger partial charge in [0.2, 0.25) is 0 Å². The molecule has 0 bridgehead atoms. The molecule has 0 fully saturated rings. The standard InChI is InChI=1S/C14H31NO/c1-12(11-14(2,3)4)10-13(16)8-7-9-15(5)6/h12-13,16H,7-11H2,1-6H3/t12-,13-/m0/s1. The van der Waals surface area contributed by atoms with Crippen LogP contribution in [0.5, 0.6) is 0 Å². The highest BCUT2D eigenvalue weighted by atomic mass is 16.3. The lowest BCUT2D eigenvalue weighted by molar-refractivity contribution is 0.120. The zero-order valence-electron chi connectivity index (χ0n) is 12.1. The Morgan fingerprint density at radius 3 is 2.19 bits per heavy atom. The van der Waals surface area contributed by atoms with Crippen LogP contribution in [0.4, 0.5) is 0 Å². The first-order chi connectivity index (χ1) is 7.20. The van der Waals surface area contributed by atoms with Gasteiger partial charge in [-0.3, -0.25) is 0 Å². The van der Waals surface area contributed by atoms with Crippen molar-refractivity contribution >= 4 is 0 Å². The van der Waals surface area contributed by atoms with Crippen molar-refractivity contribution in [1.29, 1.82) is 0 Å². The molecule has 2 nitrogen and oxygen atoms in total. The molecule has 1 N–H and O–H groups in total. The predicted octanol–water partition coefficient (Wildman–Crippen LogP) is 3.15. The smallest absolute Gasteiger partial charge is 0.0543 e. The summed E-state index contributed by atoms with van der Waals surface area (Å²) in [4.78, 5) is 2.17. The number of aliphatic hydroxyl groups is 1. The minimum absolute atomic E-state index is 0.114. The van der Waals surface area contributed by atoms with E-state index in [9.17, 15) is 5.11 Å². The Labute approximate surface area is 102 Å². The zero-order valence-corrected chi connectivity index (χ0v) is 12.1. The maximum atomic E-state index is 9.91. The highest BCUT2D eigenvalue weighted by Gasteiger charge is 2.17. The van der Waals surface area contributed by atoms with Crippen molar-refractivity contribution < 1.29 is 5.11 Å². The average Bonchev–Trinajstić information content (AvgIpc) is 1.98. The number of rotatable bonds is 7. The Morgan fingerprint density at radius 1 is 1.19 bits per heavy atom. The quantitative estimate of drug-likeness (QED) is 0.725. The molecule has 0 saturated heterocycles. The number of nitrogens with zero attached hydrogens (tertiary/aromatic N) is 1. The van der Waals surface area contributed by atoms with Crippen molar-refractivity contribution in [1.82, 2.24) is 4.90 Å². The molecule has 0 heterocycles. The van der Waals surface area contributed by atoms with E-state index < -0.39 is 0 Å².